The first-order chi connectivity index (χ1) is 12.7. The molecular formula is C20H17N3OS2. The fourth-order valence-corrected chi connectivity index (χ4v) is 4.53. The second-order valence-electron chi connectivity index (χ2n) is 5.87. The lowest BCUT2D eigenvalue weighted by Crippen LogP contribution is -1.94. The van der Waals surface area contributed by atoms with Gasteiger partial charge in [0.2, 0.25) is 5.88 Å². The number of hydrogen-bond donors (Lipinski definition) is 0. The number of aromatic nitrogens is 3. The largest absolute Gasteiger partial charge is 0.437 e. The van der Waals surface area contributed by atoms with Crippen LogP contribution in [0.5, 0.6) is 11.6 Å². The number of nitrogens with zero attached hydrogens (tertiary/aromatic N) is 3. The van der Waals surface area contributed by atoms with Crippen molar-refractivity contribution in [2.45, 2.75) is 19.0 Å². The van der Waals surface area contributed by atoms with E-state index in [1.54, 1.807) is 23.1 Å². The van der Waals surface area contributed by atoms with Crippen molar-refractivity contribution >= 4 is 43.5 Å². The van der Waals surface area contributed by atoms with Gasteiger partial charge in [0.25, 0.3) is 0 Å². The third kappa shape index (κ3) is 3.18. The van der Waals surface area contributed by atoms with E-state index in [1.165, 1.54) is 5.56 Å². The molecule has 0 radical (unpaired) electrons. The average Bonchev–Trinajstić information content (AvgIpc) is 2.99. The van der Waals surface area contributed by atoms with E-state index in [0.29, 0.717) is 11.0 Å². The van der Waals surface area contributed by atoms with Crippen LogP contribution in [0.15, 0.2) is 54.2 Å². The van der Waals surface area contributed by atoms with Crippen LogP contribution in [0.3, 0.4) is 0 Å². The van der Waals surface area contributed by atoms with Crippen LogP contribution in [0.1, 0.15) is 11.3 Å². The molecular weight excluding hydrogens is 362 g/mol. The summed E-state index contributed by atoms with van der Waals surface area (Å²) in [5, 5.41) is 1.76. The summed E-state index contributed by atoms with van der Waals surface area (Å²) in [5.41, 5.74) is 3.08. The molecule has 0 spiro atoms. The van der Waals surface area contributed by atoms with Crippen molar-refractivity contribution in [3.8, 4) is 11.6 Å². The van der Waals surface area contributed by atoms with Crippen LogP contribution in [-0.4, -0.2) is 20.7 Å². The molecule has 6 heteroatoms. The van der Waals surface area contributed by atoms with Crippen molar-refractivity contribution in [2.24, 2.45) is 0 Å². The van der Waals surface area contributed by atoms with Crippen molar-refractivity contribution in [1.29, 1.82) is 0 Å². The molecule has 0 fully saturated rings. The number of fused-ring (bicyclic) bond motifs is 3. The lowest BCUT2D eigenvalue weighted by Gasteiger charge is -2.07. The Labute approximate surface area is 160 Å². The lowest BCUT2D eigenvalue weighted by molar-refractivity contribution is 0.464. The number of thioether (sulfide) groups is 1. The summed E-state index contributed by atoms with van der Waals surface area (Å²) in [5.74, 6) is 2.08. The maximum atomic E-state index is 6.10. The Balaban J connectivity index is 1.95. The summed E-state index contributed by atoms with van der Waals surface area (Å²) in [6.45, 7) is 7.88. The Bertz CT molecular complexity index is 1110. The molecule has 0 aliphatic rings. The quantitative estimate of drug-likeness (QED) is 0.244. The molecule has 0 N–H and O–H groups in total. The second-order valence-corrected chi connectivity index (χ2v) is 7.85. The SMILES string of the molecule is C=CCSc1nc(Oc2ccccc2)c2sc3nc(C)cc(C)c3c2n1. The van der Waals surface area contributed by atoms with Crippen molar-refractivity contribution in [2.75, 3.05) is 5.75 Å². The number of pyridine rings is 1. The molecule has 0 atom stereocenters. The van der Waals surface area contributed by atoms with E-state index in [4.69, 9.17) is 9.72 Å². The molecule has 26 heavy (non-hydrogen) atoms. The molecule has 0 unspecified atom stereocenters. The molecule has 0 aliphatic heterocycles. The molecule has 4 aromatic rings. The van der Waals surface area contributed by atoms with Gasteiger partial charge >= 0.3 is 0 Å². The number of hydrogen-bond acceptors (Lipinski definition) is 6. The summed E-state index contributed by atoms with van der Waals surface area (Å²) < 4.78 is 7.03. The highest BCUT2D eigenvalue weighted by atomic mass is 32.2. The van der Waals surface area contributed by atoms with E-state index in [9.17, 15) is 0 Å². The molecule has 0 saturated heterocycles. The van der Waals surface area contributed by atoms with Gasteiger partial charge in [0.05, 0.1) is 5.52 Å². The molecule has 0 saturated carbocycles. The second kappa shape index (κ2) is 7.05. The lowest BCUT2D eigenvalue weighted by atomic mass is 10.1. The predicted molar refractivity (Wildman–Crippen MR) is 110 cm³/mol. The standard InChI is InChI=1S/C20H17N3OS2/c1-4-10-25-20-22-16-15-12(2)11-13(3)21-19(15)26-17(16)18(23-20)24-14-8-6-5-7-9-14/h4-9,11H,1,10H2,2-3H3. The van der Waals surface area contributed by atoms with Gasteiger partial charge in [0, 0.05) is 16.8 Å². The topological polar surface area (TPSA) is 47.9 Å². The van der Waals surface area contributed by atoms with E-state index < -0.39 is 0 Å². The third-order valence-corrected chi connectivity index (χ3v) is 5.75. The van der Waals surface area contributed by atoms with Gasteiger partial charge in [-0.25, -0.2) is 9.97 Å². The fraction of sp³-hybridized carbons (Fsp3) is 0.150. The van der Waals surface area contributed by atoms with Crippen LogP contribution in [0.2, 0.25) is 0 Å². The molecule has 3 aromatic heterocycles. The van der Waals surface area contributed by atoms with Crippen LogP contribution in [0, 0.1) is 13.8 Å². The highest BCUT2D eigenvalue weighted by Gasteiger charge is 2.18. The zero-order valence-electron chi connectivity index (χ0n) is 14.5. The summed E-state index contributed by atoms with van der Waals surface area (Å²) in [7, 11) is 0. The van der Waals surface area contributed by atoms with Crippen LogP contribution < -0.4 is 4.74 Å². The number of benzene rings is 1. The third-order valence-electron chi connectivity index (χ3n) is 3.85. The van der Waals surface area contributed by atoms with E-state index in [-0.39, 0.29) is 0 Å². The van der Waals surface area contributed by atoms with E-state index >= 15 is 0 Å². The first-order valence-electron chi connectivity index (χ1n) is 8.21. The van der Waals surface area contributed by atoms with Crippen LogP contribution in [0.4, 0.5) is 0 Å². The van der Waals surface area contributed by atoms with Gasteiger partial charge in [-0.2, -0.15) is 4.98 Å². The van der Waals surface area contributed by atoms with Crippen LogP contribution in [-0.2, 0) is 0 Å². The predicted octanol–water partition coefficient (Wildman–Crippen LogP) is 5.93. The summed E-state index contributed by atoms with van der Waals surface area (Å²) in [6, 6.07) is 11.8. The Morgan fingerprint density at radius 3 is 2.73 bits per heavy atom. The van der Waals surface area contributed by atoms with Gasteiger partial charge in [-0.05, 0) is 37.6 Å². The van der Waals surface area contributed by atoms with Crippen LogP contribution >= 0.6 is 23.1 Å². The molecule has 130 valence electrons. The van der Waals surface area contributed by atoms with Crippen molar-refractivity contribution in [1.82, 2.24) is 15.0 Å². The van der Waals surface area contributed by atoms with Crippen molar-refractivity contribution in [3.05, 3.63) is 60.3 Å². The minimum atomic E-state index is 0.577. The molecule has 4 rings (SSSR count). The summed E-state index contributed by atoms with van der Waals surface area (Å²) >= 11 is 3.12. The fourth-order valence-electron chi connectivity index (χ4n) is 2.80. The Kier molecular flexibility index (Phi) is 4.61. The van der Waals surface area contributed by atoms with Gasteiger partial charge in [-0.1, -0.05) is 36.0 Å². The number of aryl methyl sites for hydroxylation is 2. The average molecular weight is 380 g/mol. The smallest absolute Gasteiger partial charge is 0.241 e. The molecule has 4 nitrogen and oxygen atoms in total. The molecule has 0 aliphatic carbocycles. The highest BCUT2D eigenvalue weighted by molar-refractivity contribution is 7.99. The maximum Gasteiger partial charge on any atom is 0.241 e. The number of thiophene rings is 1. The number of ether oxygens (including phenoxy) is 1. The van der Waals surface area contributed by atoms with Gasteiger partial charge in [0.1, 0.15) is 15.3 Å². The monoisotopic (exact) mass is 379 g/mol. The maximum absolute atomic E-state index is 6.10. The van der Waals surface area contributed by atoms with Crippen molar-refractivity contribution in [3.63, 3.8) is 0 Å². The summed E-state index contributed by atoms with van der Waals surface area (Å²) in [4.78, 5) is 15.1. The van der Waals surface area contributed by atoms with E-state index in [0.717, 1.165) is 37.6 Å². The number of para-hydroxylation sites is 1. The molecule has 3 heterocycles. The number of rotatable bonds is 5. The minimum absolute atomic E-state index is 0.577. The van der Waals surface area contributed by atoms with Gasteiger partial charge < -0.3 is 4.74 Å². The summed E-state index contributed by atoms with van der Waals surface area (Å²) in [6.07, 6.45) is 1.85. The molecule has 0 bridgehead atoms. The first kappa shape index (κ1) is 17.0. The van der Waals surface area contributed by atoms with Gasteiger partial charge in [-0.3, -0.25) is 0 Å². The van der Waals surface area contributed by atoms with Gasteiger partial charge in [-0.15, -0.1) is 17.9 Å². The molecule has 0 amide bonds. The Morgan fingerprint density at radius 1 is 1.15 bits per heavy atom. The van der Waals surface area contributed by atoms with Crippen molar-refractivity contribution < 1.29 is 4.74 Å². The molecule has 1 aromatic carbocycles. The minimum Gasteiger partial charge on any atom is -0.437 e. The Morgan fingerprint density at radius 2 is 1.96 bits per heavy atom. The zero-order valence-corrected chi connectivity index (χ0v) is 16.2. The first-order valence-corrected chi connectivity index (χ1v) is 10.0. The Hall–Kier alpha value is -2.44. The van der Waals surface area contributed by atoms with E-state index in [2.05, 4.69) is 29.5 Å². The normalized spacial score (nSPS) is 11.2. The van der Waals surface area contributed by atoms with Gasteiger partial charge in [0.15, 0.2) is 5.16 Å². The van der Waals surface area contributed by atoms with E-state index in [1.807, 2.05) is 43.3 Å². The highest BCUT2D eigenvalue weighted by Crippen LogP contribution is 2.40. The zero-order chi connectivity index (χ0) is 18.1. The van der Waals surface area contributed by atoms with Crippen LogP contribution in [0.25, 0.3) is 20.4 Å².